The Morgan fingerprint density at radius 3 is 2.37 bits per heavy atom. The number of ketones is 1. The molecule has 0 radical (unpaired) electrons. The number of aryl methyl sites for hydroxylation is 1. The van der Waals surface area contributed by atoms with Crippen LogP contribution in [0.5, 0.6) is 5.75 Å². The van der Waals surface area contributed by atoms with Crippen LogP contribution in [0.25, 0.3) is 5.76 Å². The molecule has 1 atom stereocenters. The summed E-state index contributed by atoms with van der Waals surface area (Å²) in [5, 5.41) is 11.4. The topological polar surface area (TPSA) is 86.5 Å². The number of amides is 1. The van der Waals surface area contributed by atoms with E-state index in [0.29, 0.717) is 29.4 Å². The molecular weight excluding hydrogens is 482 g/mol. The zero-order chi connectivity index (χ0) is 26.8. The minimum atomic E-state index is -0.893. The van der Waals surface area contributed by atoms with Gasteiger partial charge in [-0.05, 0) is 80.6 Å². The quantitative estimate of drug-likeness (QED) is 0.276. The molecule has 0 aliphatic carbocycles. The van der Waals surface area contributed by atoms with Gasteiger partial charge in [0.1, 0.15) is 23.3 Å². The third-order valence-corrected chi connectivity index (χ3v) is 7.16. The summed E-state index contributed by atoms with van der Waals surface area (Å²) >= 11 is 0. The van der Waals surface area contributed by atoms with Crippen LogP contribution in [0.1, 0.15) is 36.3 Å². The van der Waals surface area contributed by atoms with Crippen LogP contribution in [-0.4, -0.2) is 61.5 Å². The normalized spacial score (nSPS) is 19.8. The fourth-order valence-electron chi connectivity index (χ4n) is 5.03. The first-order chi connectivity index (χ1) is 18.4. The second kappa shape index (κ2) is 10.8. The van der Waals surface area contributed by atoms with Crippen LogP contribution < -0.4 is 14.5 Å². The molecule has 198 valence electrons. The number of Topliss-reactive ketones (excluding diaryl/α,β-unsaturated/α-hetero) is 1. The highest BCUT2D eigenvalue weighted by molar-refractivity contribution is 6.51. The first kappa shape index (κ1) is 25.6. The molecule has 3 aromatic rings. The van der Waals surface area contributed by atoms with Crippen molar-refractivity contribution in [2.75, 3.05) is 49.6 Å². The summed E-state index contributed by atoms with van der Waals surface area (Å²) in [6.07, 6.45) is 2.38. The van der Waals surface area contributed by atoms with Crippen molar-refractivity contribution >= 4 is 28.8 Å². The molecule has 2 aromatic carbocycles. The molecule has 0 saturated carbocycles. The molecule has 8 nitrogen and oxygen atoms in total. The lowest BCUT2D eigenvalue weighted by molar-refractivity contribution is -0.132. The summed E-state index contributed by atoms with van der Waals surface area (Å²) < 4.78 is 11.4. The Hall–Kier alpha value is -4.04. The lowest BCUT2D eigenvalue weighted by atomic mass is 9.98. The predicted octanol–water partition coefficient (Wildman–Crippen LogP) is 4.75. The number of furan rings is 1. The smallest absolute Gasteiger partial charge is 0.300 e. The van der Waals surface area contributed by atoms with Gasteiger partial charge < -0.3 is 24.1 Å². The number of ether oxygens (including phenoxy) is 1. The van der Waals surface area contributed by atoms with Crippen LogP contribution in [0.2, 0.25) is 0 Å². The highest BCUT2D eigenvalue weighted by Crippen LogP contribution is 2.43. The van der Waals surface area contributed by atoms with Gasteiger partial charge in [-0.25, -0.2) is 0 Å². The number of carbonyl (C=O) groups excluding carboxylic acids is 2. The lowest BCUT2D eigenvalue weighted by Crippen LogP contribution is -2.44. The van der Waals surface area contributed by atoms with Gasteiger partial charge in [0.2, 0.25) is 0 Å². The van der Waals surface area contributed by atoms with Crippen molar-refractivity contribution in [1.29, 1.82) is 0 Å². The van der Waals surface area contributed by atoms with Gasteiger partial charge >= 0.3 is 0 Å². The van der Waals surface area contributed by atoms with Crippen molar-refractivity contribution in [3.05, 3.63) is 83.3 Å². The zero-order valence-corrected chi connectivity index (χ0v) is 22.0. The van der Waals surface area contributed by atoms with Crippen molar-refractivity contribution in [3.8, 4) is 5.75 Å². The fourth-order valence-corrected chi connectivity index (χ4v) is 5.03. The Labute approximate surface area is 222 Å². The molecule has 2 aliphatic rings. The van der Waals surface area contributed by atoms with Gasteiger partial charge in [-0.1, -0.05) is 6.92 Å². The molecule has 2 fully saturated rings. The van der Waals surface area contributed by atoms with Crippen molar-refractivity contribution in [1.82, 2.24) is 4.90 Å². The van der Waals surface area contributed by atoms with E-state index in [0.717, 1.165) is 43.9 Å². The zero-order valence-electron chi connectivity index (χ0n) is 22.0. The third kappa shape index (κ3) is 4.79. The van der Waals surface area contributed by atoms with Gasteiger partial charge in [-0.2, -0.15) is 0 Å². The molecule has 2 aliphatic heterocycles. The molecule has 1 amide bonds. The maximum atomic E-state index is 13.4. The van der Waals surface area contributed by atoms with Crippen molar-refractivity contribution < 1.29 is 23.8 Å². The Balaban J connectivity index is 1.51. The number of likely N-dealkylation sites (N-methyl/N-ethyl adjacent to an activating group) is 1. The number of piperazine rings is 1. The highest BCUT2D eigenvalue weighted by atomic mass is 16.5. The maximum absolute atomic E-state index is 13.4. The Morgan fingerprint density at radius 2 is 1.74 bits per heavy atom. The number of carbonyl (C=O) groups is 2. The minimum absolute atomic E-state index is 0.00489. The Kier molecular flexibility index (Phi) is 7.24. The van der Waals surface area contributed by atoms with Crippen molar-refractivity contribution in [3.63, 3.8) is 0 Å². The van der Waals surface area contributed by atoms with Crippen LogP contribution in [0.15, 0.2) is 70.9 Å². The SMILES string of the molecule is CCCOc1ccc(/C(O)=C2/C(=O)C(=O)N(c3ccc(N4CCN(C)CC4)cc3)C2c2ccco2)cc1C. The molecule has 8 heteroatoms. The van der Waals surface area contributed by atoms with Crippen LogP contribution in [0.4, 0.5) is 11.4 Å². The standard InChI is InChI=1S/C30H33N3O5/c1-4-17-37-24-12-7-21(19-20(24)2)28(34)26-27(25-6-5-18-38-25)33(30(36)29(26)35)23-10-8-22(9-11-23)32-15-13-31(3)14-16-32/h5-12,18-19,27,34H,4,13-17H2,1-3H3/b28-26-. The van der Waals surface area contributed by atoms with Gasteiger partial charge in [0.25, 0.3) is 11.7 Å². The van der Waals surface area contributed by atoms with Gasteiger partial charge in [0.05, 0.1) is 18.4 Å². The molecule has 0 bridgehead atoms. The average Bonchev–Trinajstić information content (AvgIpc) is 3.55. The molecule has 38 heavy (non-hydrogen) atoms. The number of hydrogen-bond acceptors (Lipinski definition) is 7. The summed E-state index contributed by atoms with van der Waals surface area (Å²) in [6, 6.07) is 15.4. The molecule has 1 aromatic heterocycles. The molecule has 1 unspecified atom stereocenters. The first-order valence-electron chi connectivity index (χ1n) is 13.0. The summed E-state index contributed by atoms with van der Waals surface area (Å²) in [5.74, 6) is -0.595. The number of rotatable bonds is 7. The number of aliphatic hydroxyl groups is 1. The molecule has 0 spiro atoms. The van der Waals surface area contributed by atoms with E-state index >= 15 is 0 Å². The van der Waals surface area contributed by atoms with Crippen LogP contribution in [-0.2, 0) is 9.59 Å². The van der Waals surface area contributed by atoms with Gasteiger partial charge in [-0.3, -0.25) is 14.5 Å². The van der Waals surface area contributed by atoms with E-state index < -0.39 is 17.7 Å². The summed E-state index contributed by atoms with van der Waals surface area (Å²) in [4.78, 5) is 32.7. The van der Waals surface area contributed by atoms with Crippen LogP contribution in [0.3, 0.4) is 0 Å². The van der Waals surface area contributed by atoms with Gasteiger partial charge in [0, 0.05) is 43.1 Å². The van der Waals surface area contributed by atoms with Crippen LogP contribution in [0, 0.1) is 6.92 Å². The molecule has 5 rings (SSSR count). The van der Waals surface area contributed by atoms with Gasteiger partial charge in [0.15, 0.2) is 0 Å². The van der Waals surface area contributed by atoms with Crippen molar-refractivity contribution in [2.24, 2.45) is 0 Å². The first-order valence-corrected chi connectivity index (χ1v) is 13.0. The van der Waals surface area contributed by atoms with E-state index in [1.165, 1.54) is 11.2 Å². The highest BCUT2D eigenvalue weighted by Gasteiger charge is 2.48. The van der Waals surface area contributed by atoms with E-state index in [-0.39, 0.29) is 11.3 Å². The monoisotopic (exact) mass is 515 g/mol. The Morgan fingerprint density at radius 1 is 1.03 bits per heavy atom. The lowest BCUT2D eigenvalue weighted by Gasteiger charge is -2.34. The minimum Gasteiger partial charge on any atom is -0.507 e. The van der Waals surface area contributed by atoms with E-state index in [1.807, 2.05) is 38.1 Å². The third-order valence-electron chi connectivity index (χ3n) is 7.16. The van der Waals surface area contributed by atoms with E-state index in [9.17, 15) is 14.7 Å². The predicted molar refractivity (Wildman–Crippen MR) is 147 cm³/mol. The van der Waals surface area contributed by atoms with E-state index in [1.54, 1.807) is 30.3 Å². The summed E-state index contributed by atoms with van der Waals surface area (Å²) in [5.41, 5.74) is 2.88. The van der Waals surface area contributed by atoms with Gasteiger partial charge in [-0.15, -0.1) is 0 Å². The largest absolute Gasteiger partial charge is 0.507 e. The number of nitrogens with zero attached hydrogens (tertiary/aromatic N) is 3. The number of benzene rings is 2. The van der Waals surface area contributed by atoms with Crippen LogP contribution >= 0.6 is 0 Å². The van der Waals surface area contributed by atoms with E-state index in [2.05, 4.69) is 16.8 Å². The molecule has 1 N–H and O–H groups in total. The number of anilines is 2. The number of hydrogen-bond donors (Lipinski definition) is 1. The molecule has 3 heterocycles. The Bertz CT molecular complexity index is 1340. The second-order valence-electron chi connectivity index (χ2n) is 9.82. The average molecular weight is 516 g/mol. The van der Waals surface area contributed by atoms with E-state index in [4.69, 9.17) is 9.15 Å². The second-order valence-corrected chi connectivity index (χ2v) is 9.82. The molecular formula is C30H33N3O5. The summed E-state index contributed by atoms with van der Waals surface area (Å²) in [6.45, 7) is 8.32. The maximum Gasteiger partial charge on any atom is 0.300 e. The van der Waals surface area contributed by atoms with Crippen molar-refractivity contribution in [2.45, 2.75) is 26.3 Å². The number of aliphatic hydroxyl groups excluding tert-OH is 1. The molecule has 2 saturated heterocycles. The fraction of sp³-hybridized carbons (Fsp3) is 0.333. The summed E-state index contributed by atoms with van der Waals surface area (Å²) in [7, 11) is 2.11.